The molecule has 1 atom stereocenters. The van der Waals surface area contributed by atoms with Gasteiger partial charge in [-0.3, -0.25) is 4.98 Å². The standard InChI is InChI=1S/C23H23F4N3O/c1-14-19(11-22(9-10-22)23(25,26)27)30-20(29-14)12-21(2,31)16-5-3-15(4-6-16)18-8-7-17(24)13-28-18/h3-8,13,31H,9-12H2,1-2H3,(H,29,30). The average molecular weight is 433 g/mol. The highest BCUT2D eigenvalue weighted by Crippen LogP contribution is 2.59. The molecule has 1 unspecified atom stereocenters. The smallest absolute Gasteiger partial charge is 0.385 e. The van der Waals surface area contributed by atoms with Gasteiger partial charge in [-0.05, 0) is 44.4 Å². The first kappa shape index (κ1) is 21.5. The summed E-state index contributed by atoms with van der Waals surface area (Å²) in [6, 6.07) is 9.96. The predicted molar refractivity (Wildman–Crippen MR) is 108 cm³/mol. The molecule has 1 aromatic carbocycles. The van der Waals surface area contributed by atoms with Crippen LogP contribution in [0.5, 0.6) is 0 Å². The number of alkyl halides is 3. The Kier molecular flexibility index (Phi) is 5.16. The summed E-state index contributed by atoms with van der Waals surface area (Å²) < 4.78 is 52.9. The second-order valence-electron chi connectivity index (χ2n) is 8.60. The third-order valence-electron chi connectivity index (χ3n) is 6.04. The molecule has 0 aliphatic heterocycles. The number of pyridine rings is 1. The van der Waals surface area contributed by atoms with Gasteiger partial charge in [-0.25, -0.2) is 9.37 Å². The van der Waals surface area contributed by atoms with E-state index in [0.717, 1.165) is 11.8 Å². The minimum absolute atomic E-state index is 0.126. The van der Waals surface area contributed by atoms with Crippen LogP contribution in [0.15, 0.2) is 42.6 Å². The van der Waals surface area contributed by atoms with Crippen LogP contribution in [-0.2, 0) is 18.4 Å². The van der Waals surface area contributed by atoms with Crippen molar-refractivity contribution in [1.82, 2.24) is 15.0 Å². The van der Waals surface area contributed by atoms with E-state index in [9.17, 15) is 22.7 Å². The van der Waals surface area contributed by atoms with Gasteiger partial charge in [-0.1, -0.05) is 24.3 Å². The number of aliphatic hydroxyl groups is 1. The van der Waals surface area contributed by atoms with E-state index in [1.165, 1.54) is 6.07 Å². The average Bonchev–Trinajstić information content (AvgIpc) is 3.41. The first-order valence-electron chi connectivity index (χ1n) is 10.1. The Bertz CT molecular complexity index is 1070. The van der Waals surface area contributed by atoms with Gasteiger partial charge in [0.15, 0.2) is 0 Å². The van der Waals surface area contributed by atoms with Crippen LogP contribution in [-0.4, -0.2) is 26.2 Å². The number of aryl methyl sites for hydroxylation is 1. The van der Waals surface area contributed by atoms with E-state index in [2.05, 4.69) is 15.0 Å². The summed E-state index contributed by atoms with van der Waals surface area (Å²) >= 11 is 0. The number of nitrogens with zero attached hydrogens (tertiary/aromatic N) is 2. The highest BCUT2D eigenvalue weighted by atomic mass is 19.4. The largest absolute Gasteiger partial charge is 0.394 e. The molecule has 2 heterocycles. The topological polar surface area (TPSA) is 61.8 Å². The summed E-state index contributed by atoms with van der Waals surface area (Å²) in [6.45, 7) is 3.34. The highest BCUT2D eigenvalue weighted by molar-refractivity contribution is 5.59. The maximum atomic E-state index is 13.3. The Morgan fingerprint density at radius 1 is 1.10 bits per heavy atom. The minimum atomic E-state index is -4.23. The lowest BCUT2D eigenvalue weighted by molar-refractivity contribution is -0.186. The van der Waals surface area contributed by atoms with Crippen molar-refractivity contribution in [2.24, 2.45) is 5.41 Å². The fourth-order valence-electron chi connectivity index (χ4n) is 3.83. The van der Waals surface area contributed by atoms with E-state index in [0.29, 0.717) is 28.5 Å². The van der Waals surface area contributed by atoms with Gasteiger partial charge in [-0.15, -0.1) is 0 Å². The molecule has 3 aromatic rings. The number of rotatable bonds is 6. The monoisotopic (exact) mass is 433 g/mol. The Labute approximate surface area is 177 Å². The molecule has 4 nitrogen and oxygen atoms in total. The fraction of sp³-hybridized carbons (Fsp3) is 0.391. The molecule has 0 saturated heterocycles. The van der Waals surface area contributed by atoms with Crippen molar-refractivity contribution in [3.63, 3.8) is 0 Å². The Hall–Kier alpha value is -2.74. The SMILES string of the molecule is Cc1[nH]c(CC(C)(O)c2ccc(-c3ccc(F)cn3)cc2)nc1CC1(C(F)(F)F)CC1. The second-order valence-corrected chi connectivity index (χ2v) is 8.60. The van der Waals surface area contributed by atoms with Gasteiger partial charge < -0.3 is 10.1 Å². The lowest BCUT2D eigenvalue weighted by atomic mass is 9.91. The van der Waals surface area contributed by atoms with Gasteiger partial charge in [0, 0.05) is 24.1 Å². The predicted octanol–water partition coefficient (Wildman–Crippen LogP) is 5.25. The molecule has 0 bridgehead atoms. The molecule has 1 aliphatic rings. The molecule has 164 valence electrons. The van der Waals surface area contributed by atoms with Crippen molar-refractivity contribution in [3.05, 3.63) is 71.2 Å². The molecular formula is C23H23F4N3O. The molecular weight excluding hydrogens is 410 g/mol. The summed E-state index contributed by atoms with van der Waals surface area (Å²) in [7, 11) is 0. The highest BCUT2D eigenvalue weighted by Gasteiger charge is 2.63. The number of hydrogen-bond acceptors (Lipinski definition) is 3. The molecule has 0 spiro atoms. The summed E-state index contributed by atoms with van der Waals surface area (Å²) in [5, 5.41) is 11.0. The zero-order chi connectivity index (χ0) is 22.4. The molecule has 31 heavy (non-hydrogen) atoms. The molecule has 2 aromatic heterocycles. The maximum absolute atomic E-state index is 13.3. The normalized spacial score (nSPS) is 17.4. The number of halogens is 4. The molecule has 0 amide bonds. The van der Waals surface area contributed by atoms with Crippen LogP contribution >= 0.6 is 0 Å². The van der Waals surface area contributed by atoms with Crippen LogP contribution in [0.2, 0.25) is 0 Å². The van der Waals surface area contributed by atoms with Crippen molar-refractivity contribution >= 4 is 0 Å². The zero-order valence-electron chi connectivity index (χ0n) is 17.2. The minimum Gasteiger partial charge on any atom is -0.385 e. The Morgan fingerprint density at radius 3 is 2.32 bits per heavy atom. The van der Waals surface area contributed by atoms with Crippen LogP contribution in [0.1, 0.15) is 42.5 Å². The molecule has 1 aliphatic carbocycles. The van der Waals surface area contributed by atoms with Crippen molar-refractivity contribution in [2.45, 2.75) is 51.3 Å². The first-order valence-corrected chi connectivity index (χ1v) is 10.1. The lowest BCUT2D eigenvalue weighted by Gasteiger charge is -2.23. The van der Waals surface area contributed by atoms with E-state index in [-0.39, 0.29) is 25.7 Å². The van der Waals surface area contributed by atoms with E-state index >= 15 is 0 Å². The zero-order valence-corrected chi connectivity index (χ0v) is 17.2. The number of nitrogens with one attached hydrogen (secondary N) is 1. The first-order chi connectivity index (χ1) is 14.5. The van der Waals surface area contributed by atoms with Crippen LogP contribution in [0, 0.1) is 18.2 Å². The molecule has 2 N–H and O–H groups in total. The Morgan fingerprint density at radius 2 is 1.77 bits per heavy atom. The van der Waals surface area contributed by atoms with Crippen molar-refractivity contribution < 1.29 is 22.7 Å². The van der Waals surface area contributed by atoms with Crippen LogP contribution in [0.4, 0.5) is 17.6 Å². The van der Waals surface area contributed by atoms with Crippen LogP contribution in [0.3, 0.4) is 0 Å². The van der Waals surface area contributed by atoms with Crippen molar-refractivity contribution in [1.29, 1.82) is 0 Å². The Balaban J connectivity index is 1.49. The summed E-state index contributed by atoms with van der Waals surface area (Å²) in [4.78, 5) is 11.4. The summed E-state index contributed by atoms with van der Waals surface area (Å²) in [6.07, 6.45) is -2.84. The van der Waals surface area contributed by atoms with Gasteiger partial charge in [0.1, 0.15) is 11.6 Å². The summed E-state index contributed by atoms with van der Waals surface area (Å²) in [5.41, 5.74) is 0.0737. The number of hydrogen-bond donors (Lipinski definition) is 2. The van der Waals surface area contributed by atoms with E-state index < -0.39 is 23.0 Å². The van der Waals surface area contributed by atoms with Crippen LogP contribution < -0.4 is 0 Å². The van der Waals surface area contributed by atoms with E-state index in [4.69, 9.17) is 0 Å². The summed E-state index contributed by atoms with van der Waals surface area (Å²) in [5.74, 6) is 0.0269. The van der Waals surface area contributed by atoms with Crippen molar-refractivity contribution in [2.75, 3.05) is 0 Å². The molecule has 4 rings (SSSR count). The van der Waals surface area contributed by atoms with Gasteiger partial charge in [0.25, 0.3) is 0 Å². The quantitative estimate of drug-likeness (QED) is 0.522. The molecule has 8 heteroatoms. The third-order valence-corrected chi connectivity index (χ3v) is 6.04. The lowest BCUT2D eigenvalue weighted by Crippen LogP contribution is -2.27. The van der Waals surface area contributed by atoms with Gasteiger partial charge in [0.05, 0.1) is 28.6 Å². The number of imidazole rings is 1. The fourth-order valence-corrected chi connectivity index (χ4v) is 3.83. The van der Waals surface area contributed by atoms with Gasteiger partial charge in [0.2, 0.25) is 0 Å². The number of aromatic amines is 1. The molecule has 1 fully saturated rings. The van der Waals surface area contributed by atoms with Gasteiger partial charge >= 0.3 is 6.18 Å². The van der Waals surface area contributed by atoms with Crippen molar-refractivity contribution in [3.8, 4) is 11.3 Å². The second kappa shape index (κ2) is 7.44. The van der Waals surface area contributed by atoms with E-state index in [1.54, 1.807) is 44.2 Å². The number of aromatic nitrogens is 3. The van der Waals surface area contributed by atoms with E-state index in [1.807, 2.05) is 0 Å². The third kappa shape index (κ3) is 4.35. The molecule has 1 saturated carbocycles. The molecule has 0 radical (unpaired) electrons. The van der Waals surface area contributed by atoms with Gasteiger partial charge in [-0.2, -0.15) is 13.2 Å². The maximum Gasteiger partial charge on any atom is 0.394 e. The number of benzene rings is 1. The number of H-pyrrole nitrogens is 1. The van der Waals surface area contributed by atoms with Crippen LogP contribution in [0.25, 0.3) is 11.3 Å².